The zero-order valence-electron chi connectivity index (χ0n) is 14.2. The first-order valence-electron chi connectivity index (χ1n) is 8.56. The van der Waals surface area contributed by atoms with Crippen LogP contribution in [0.15, 0.2) is 67.0 Å². The molecule has 1 N–H and O–H groups in total. The van der Waals surface area contributed by atoms with Gasteiger partial charge in [0.1, 0.15) is 12.7 Å². The topological polar surface area (TPSA) is 65.4 Å². The number of nitrogens with one attached hydrogen (secondary N) is 1. The fourth-order valence-corrected chi connectivity index (χ4v) is 2.87. The van der Waals surface area contributed by atoms with Gasteiger partial charge in [0.2, 0.25) is 0 Å². The van der Waals surface area contributed by atoms with Crippen LogP contribution in [0.1, 0.15) is 16.8 Å². The highest BCUT2D eigenvalue weighted by Gasteiger charge is 2.20. The molecule has 0 saturated carbocycles. The second-order valence-electron chi connectivity index (χ2n) is 6.04. The molecule has 0 bridgehead atoms. The van der Waals surface area contributed by atoms with Gasteiger partial charge in [-0.2, -0.15) is 5.10 Å². The summed E-state index contributed by atoms with van der Waals surface area (Å²) in [4.78, 5) is 12.4. The second kappa shape index (κ2) is 7.31. The number of ether oxygens (including phenoxy) is 2. The van der Waals surface area contributed by atoms with Gasteiger partial charge < -0.3 is 14.8 Å². The average molecular weight is 349 g/mol. The quantitative estimate of drug-likeness (QED) is 0.769. The number of benzene rings is 2. The third-order valence-electron chi connectivity index (χ3n) is 4.20. The lowest BCUT2D eigenvalue weighted by Crippen LogP contribution is -2.34. The molecule has 3 aromatic rings. The van der Waals surface area contributed by atoms with E-state index in [1.54, 1.807) is 16.9 Å². The standard InChI is InChI=1S/C20H19N3O3/c24-20(15-5-3-6-16(13-15)23-12-4-10-22-23)21-11-9-17-14-25-18-7-1-2-8-19(18)26-17/h1-8,10,12-13,17H,9,11,14H2,(H,21,24). The van der Waals surface area contributed by atoms with E-state index in [1.165, 1.54) is 0 Å². The summed E-state index contributed by atoms with van der Waals surface area (Å²) in [6, 6.07) is 16.8. The van der Waals surface area contributed by atoms with Crippen LogP contribution in [-0.2, 0) is 0 Å². The van der Waals surface area contributed by atoms with Crippen LogP contribution in [0.25, 0.3) is 5.69 Å². The van der Waals surface area contributed by atoms with E-state index in [0.29, 0.717) is 25.1 Å². The van der Waals surface area contributed by atoms with Gasteiger partial charge >= 0.3 is 0 Å². The molecule has 4 rings (SSSR count). The van der Waals surface area contributed by atoms with Crippen molar-refractivity contribution in [1.82, 2.24) is 15.1 Å². The zero-order chi connectivity index (χ0) is 17.8. The van der Waals surface area contributed by atoms with Gasteiger partial charge in [-0.1, -0.05) is 18.2 Å². The minimum absolute atomic E-state index is 0.0689. The van der Waals surface area contributed by atoms with Crippen LogP contribution in [0, 0.1) is 0 Å². The van der Waals surface area contributed by atoms with Crippen LogP contribution in [-0.4, -0.2) is 34.9 Å². The Bertz CT molecular complexity index is 893. The molecular formula is C20H19N3O3. The summed E-state index contributed by atoms with van der Waals surface area (Å²) in [5.74, 6) is 1.40. The Morgan fingerprint density at radius 3 is 2.88 bits per heavy atom. The molecule has 2 heterocycles. The normalized spacial score (nSPS) is 15.5. The van der Waals surface area contributed by atoms with Gasteiger partial charge in [0.25, 0.3) is 5.91 Å². The number of nitrogens with zero attached hydrogens (tertiary/aromatic N) is 2. The maximum absolute atomic E-state index is 12.4. The van der Waals surface area contributed by atoms with Gasteiger partial charge in [-0.3, -0.25) is 4.79 Å². The van der Waals surface area contributed by atoms with E-state index < -0.39 is 0 Å². The molecule has 0 radical (unpaired) electrons. The van der Waals surface area contributed by atoms with Gasteiger partial charge in [0.15, 0.2) is 11.5 Å². The number of rotatable bonds is 5. The summed E-state index contributed by atoms with van der Waals surface area (Å²) in [5, 5.41) is 7.12. The first-order valence-corrected chi connectivity index (χ1v) is 8.56. The summed E-state index contributed by atoms with van der Waals surface area (Å²) in [6.07, 6.45) is 4.16. The lowest BCUT2D eigenvalue weighted by Gasteiger charge is -2.26. The molecule has 1 aliphatic heterocycles. The summed E-state index contributed by atoms with van der Waals surface area (Å²) >= 11 is 0. The fraction of sp³-hybridized carbons (Fsp3) is 0.200. The molecular weight excluding hydrogens is 330 g/mol. The van der Waals surface area contributed by atoms with Crippen molar-refractivity contribution in [2.24, 2.45) is 0 Å². The fourth-order valence-electron chi connectivity index (χ4n) is 2.87. The van der Waals surface area contributed by atoms with Crippen molar-refractivity contribution < 1.29 is 14.3 Å². The summed E-state index contributed by atoms with van der Waals surface area (Å²) in [5.41, 5.74) is 1.45. The van der Waals surface area contributed by atoms with Crippen LogP contribution in [0.4, 0.5) is 0 Å². The van der Waals surface area contributed by atoms with Crippen LogP contribution >= 0.6 is 0 Å². The van der Waals surface area contributed by atoms with E-state index in [2.05, 4.69) is 10.4 Å². The van der Waals surface area contributed by atoms with Crippen molar-refractivity contribution in [3.63, 3.8) is 0 Å². The predicted molar refractivity (Wildman–Crippen MR) is 96.9 cm³/mol. The molecule has 1 atom stereocenters. The zero-order valence-corrected chi connectivity index (χ0v) is 14.2. The number of carbonyl (C=O) groups excluding carboxylic acids is 1. The number of fused-ring (bicyclic) bond motifs is 1. The van der Waals surface area contributed by atoms with Gasteiger partial charge in [0, 0.05) is 30.9 Å². The van der Waals surface area contributed by atoms with Gasteiger partial charge in [-0.25, -0.2) is 4.68 Å². The minimum Gasteiger partial charge on any atom is -0.486 e. The van der Waals surface area contributed by atoms with Gasteiger partial charge in [-0.15, -0.1) is 0 Å². The van der Waals surface area contributed by atoms with E-state index in [4.69, 9.17) is 9.47 Å². The Morgan fingerprint density at radius 2 is 2.04 bits per heavy atom. The third-order valence-corrected chi connectivity index (χ3v) is 4.20. The van der Waals surface area contributed by atoms with E-state index >= 15 is 0 Å². The monoisotopic (exact) mass is 349 g/mol. The van der Waals surface area contributed by atoms with Crippen molar-refractivity contribution in [1.29, 1.82) is 0 Å². The number of para-hydroxylation sites is 2. The predicted octanol–water partition coefficient (Wildman–Crippen LogP) is 2.83. The smallest absolute Gasteiger partial charge is 0.251 e. The van der Waals surface area contributed by atoms with E-state index in [0.717, 1.165) is 17.2 Å². The maximum atomic E-state index is 12.4. The molecule has 26 heavy (non-hydrogen) atoms. The number of hydrogen-bond donors (Lipinski definition) is 1. The van der Waals surface area contributed by atoms with Crippen LogP contribution < -0.4 is 14.8 Å². The molecule has 2 aromatic carbocycles. The molecule has 132 valence electrons. The van der Waals surface area contributed by atoms with Crippen LogP contribution in [0.2, 0.25) is 0 Å². The lowest BCUT2D eigenvalue weighted by molar-refractivity contribution is 0.0813. The van der Waals surface area contributed by atoms with Crippen molar-refractivity contribution in [2.75, 3.05) is 13.2 Å². The Morgan fingerprint density at radius 1 is 1.15 bits per heavy atom. The molecule has 1 amide bonds. The maximum Gasteiger partial charge on any atom is 0.251 e. The second-order valence-corrected chi connectivity index (χ2v) is 6.04. The molecule has 6 nitrogen and oxygen atoms in total. The molecule has 6 heteroatoms. The highest BCUT2D eigenvalue weighted by atomic mass is 16.6. The average Bonchev–Trinajstić information content (AvgIpc) is 3.23. The molecule has 0 spiro atoms. The SMILES string of the molecule is O=C(NCCC1COc2ccccc2O1)c1cccc(-n2cccn2)c1. The first-order chi connectivity index (χ1) is 12.8. The van der Waals surface area contributed by atoms with Crippen LogP contribution in [0.5, 0.6) is 11.5 Å². The van der Waals surface area contributed by atoms with E-state index in [1.807, 2.05) is 54.7 Å². The summed E-state index contributed by atoms with van der Waals surface area (Å²) in [6.45, 7) is 1.00. The van der Waals surface area contributed by atoms with E-state index in [-0.39, 0.29) is 12.0 Å². The highest BCUT2D eigenvalue weighted by molar-refractivity contribution is 5.94. The molecule has 1 unspecified atom stereocenters. The van der Waals surface area contributed by atoms with Crippen molar-refractivity contribution in [3.05, 3.63) is 72.6 Å². The Balaban J connectivity index is 1.32. The van der Waals surface area contributed by atoms with Crippen molar-refractivity contribution in [3.8, 4) is 17.2 Å². The molecule has 1 aromatic heterocycles. The molecule has 0 fully saturated rings. The number of hydrogen-bond acceptors (Lipinski definition) is 4. The van der Waals surface area contributed by atoms with Gasteiger partial charge in [-0.05, 0) is 36.4 Å². The summed E-state index contributed by atoms with van der Waals surface area (Å²) < 4.78 is 13.3. The van der Waals surface area contributed by atoms with Crippen molar-refractivity contribution >= 4 is 5.91 Å². The minimum atomic E-state index is -0.115. The number of aromatic nitrogens is 2. The Labute approximate surface area is 151 Å². The molecule has 0 saturated heterocycles. The number of carbonyl (C=O) groups is 1. The lowest BCUT2D eigenvalue weighted by atomic mass is 10.1. The highest BCUT2D eigenvalue weighted by Crippen LogP contribution is 2.31. The largest absolute Gasteiger partial charge is 0.486 e. The Kier molecular flexibility index (Phi) is 4.55. The van der Waals surface area contributed by atoms with E-state index in [9.17, 15) is 4.79 Å². The number of amides is 1. The molecule has 0 aliphatic carbocycles. The van der Waals surface area contributed by atoms with Gasteiger partial charge in [0.05, 0.1) is 5.69 Å². The molecule has 1 aliphatic rings. The van der Waals surface area contributed by atoms with Crippen LogP contribution in [0.3, 0.4) is 0 Å². The summed E-state index contributed by atoms with van der Waals surface area (Å²) in [7, 11) is 0. The Hall–Kier alpha value is -3.28. The first kappa shape index (κ1) is 16.2. The third kappa shape index (κ3) is 3.54. The van der Waals surface area contributed by atoms with Crippen molar-refractivity contribution in [2.45, 2.75) is 12.5 Å².